The first-order valence-electron chi connectivity index (χ1n) is 8.23. The molecule has 0 atom stereocenters. The summed E-state index contributed by atoms with van der Waals surface area (Å²) in [6, 6.07) is 4.37. The number of ether oxygens (including phenoxy) is 1. The van der Waals surface area contributed by atoms with Crippen LogP contribution in [-0.2, 0) is 11.2 Å². The van der Waals surface area contributed by atoms with Gasteiger partial charge in [-0.05, 0) is 57.4 Å². The number of hydrogen-bond donors (Lipinski definition) is 0. The van der Waals surface area contributed by atoms with Gasteiger partial charge in [-0.25, -0.2) is 4.79 Å². The molecule has 0 aromatic heterocycles. The van der Waals surface area contributed by atoms with Crippen LogP contribution < -0.4 is 4.90 Å². The van der Waals surface area contributed by atoms with Crippen LogP contribution in [0.4, 0.5) is 10.5 Å². The van der Waals surface area contributed by atoms with Gasteiger partial charge in [0, 0.05) is 36.3 Å². The maximum absolute atomic E-state index is 12.2. The van der Waals surface area contributed by atoms with Crippen molar-refractivity contribution in [1.82, 2.24) is 4.90 Å². The van der Waals surface area contributed by atoms with E-state index in [0.29, 0.717) is 13.1 Å². The van der Waals surface area contributed by atoms with Gasteiger partial charge in [-0.2, -0.15) is 0 Å². The molecule has 1 fully saturated rings. The second-order valence-electron chi connectivity index (χ2n) is 7.02. The van der Waals surface area contributed by atoms with E-state index in [-0.39, 0.29) is 6.09 Å². The fraction of sp³-hybridized carbons (Fsp3) is 0.611. The second-order valence-corrected chi connectivity index (χ2v) is 7.93. The van der Waals surface area contributed by atoms with Crippen LogP contribution in [0.5, 0.6) is 0 Å². The normalized spacial score (nSPS) is 15.7. The molecule has 5 heteroatoms. The zero-order valence-electron chi connectivity index (χ0n) is 14.8. The maximum Gasteiger partial charge on any atom is 0.410 e. The Balaban J connectivity index is 2.05. The van der Waals surface area contributed by atoms with Crippen LogP contribution in [0.1, 0.15) is 38.8 Å². The first-order chi connectivity index (χ1) is 10.7. The molecule has 2 rings (SSSR count). The van der Waals surface area contributed by atoms with Gasteiger partial charge in [-0.1, -0.05) is 22.9 Å². The van der Waals surface area contributed by atoms with Crippen LogP contribution in [0, 0.1) is 6.92 Å². The van der Waals surface area contributed by atoms with Gasteiger partial charge >= 0.3 is 6.09 Å². The summed E-state index contributed by atoms with van der Waals surface area (Å²) in [5.41, 5.74) is 3.52. The highest BCUT2D eigenvalue weighted by atomic mass is 79.9. The van der Waals surface area contributed by atoms with Crippen molar-refractivity contribution in [3.8, 4) is 0 Å². The number of carbonyl (C=O) groups excluding carboxylic acids is 1. The molecule has 1 aliphatic rings. The van der Waals surface area contributed by atoms with Crippen molar-refractivity contribution < 1.29 is 9.53 Å². The Morgan fingerprint density at radius 1 is 1.22 bits per heavy atom. The van der Waals surface area contributed by atoms with E-state index < -0.39 is 5.60 Å². The quantitative estimate of drug-likeness (QED) is 0.760. The summed E-state index contributed by atoms with van der Waals surface area (Å²) in [7, 11) is 0. The minimum atomic E-state index is -0.439. The summed E-state index contributed by atoms with van der Waals surface area (Å²) >= 11 is 3.61. The van der Waals surface area contributed by atoms with Crippen LogP contribution in [0.25, 0.3) is 0 Å². The lowest BCUT2D eigenvalue weighted by Gasteiger charge is -2.37. The van der Waals surface area contributed by atoms with Crippen LogP contribution in [0.3, 0.4) is 0 Å². The number of carbonyl (C=O) groups is 1. The third-order valence-electron chi connectivity index (χ3n) is 4.11. The zero-order valence-corrected chi connectivity index (χ0v) is 16.4. The van der Waals surface area contributed by atoms with Gasteiger partial charge in [0.2, 0.25) is 0 Å². The average molecular weight is 383 g/mol. The van der Waals surface area contributed by atoms with E-state index in [9.17, 15) is 4.79 Å². The van der Waals surface area contributed by atoms with Gasteiger partial charge in [0.05, 0.1) is 0 Å². The van der Waals surface area contributed by atoms with E-state index in [2.05, 4.69) is 46.8 Å². The molecule has 1 aliphatic heterocycles. The lowest BCUT2D eigenvalue weighted by molar-refractivity contribution is 0.0240. The highest BCUT2D eigenvalue weighted by Crippen LogP contribution is 2.29. The Bertz CT molecular complexity index is 573. The standard InChI is InChI=1S/C18H27BrN2O2/c1-6-14-11-15(19)12-16(13(14)2)20-7-9-21(10-8-20)17(22)23-18(3,4)5/h11-12H,6-10H2,1-5H3. The van der Waals surface area contributed by atoms with Crippen molar-refractivity contribution in [1.29, 1.82) is 0 Å². The van der Waals surface area contributed by atoms with Gasteiger partial charge in [0.25, 0.3) is 0 Å². The minimum absolute atomic E-state index is 0.211. The van der Waals surface area contributed by atoms with Gasteiger partial charge in [0.15, 0.2) is 0 Å². The molecule has 0 saturated carbocycles. The average Bonchev–Trinajstić information content (AvgIpc) is 2.47. The molecule has 128 valence electrons. The molecule has 1 amide bonds. The van der Waals surface area contributed by atoms with Gasteiger partial charge in [-0.3, -0.25) is 0 Å². The van der Waals surface area contributed by atoms with Crippen molar-refractivity contribution in [3.63, 3.8) is 0 Å². The lowest BCUT2D eigenvalue weighted by atomic mass is 10.0. The fourth-order valence-corrected chi connectivity index (χ4v) is 3.36. The Hall–Kier alpha value is -1.23. The van der Waals surface area contributed by atoms with Crippen LogP contribution in [0.15, 0.2) is 16.6 Å². The van der Waals surface area contributed by atoms with Crippen molar-refractivity contribution in [3.05, 3.63) is 27.7 Å². The highest BCUT2D eigenvalue weighted by Gasteiger charge is 2.26. The number of amides is 1. The van der Waals surface area contributed by atoms with Crippen LogP contribution >= 0.6 is 15.9 Å². The first kappa shape index (κ1) is 18.1. The molecule has 0 unspecified atom stereocenters. The predicted molar refractivity (Wildman–Crippen MR) is 98.3 cm³/mol. The summed E-state index contributed by atoms with van der Waals surface area (Å²) < 4.78 is 6.57. The molecular weight excluding hydrogens is 356 g/mol. The number of halogens is 1. The summed E-state index contributed by atoms with van der Waals surface area (Å²) in [5.74, 6) is 0. The second kappa shape index (κ2) is 7.12. The largest absolute Gasteiger partial charge is 0.444 e. The highest BCUT2D eigenvalue weighted by molar-refractivity contribution is 9.10. The summed E-state index contributed by atoms with van der Waals surface area (Å²) in [5, 5.41) is 0. The molecule has 0 bridgehead atoms. The Labute approximate surface area is 147 Å². The Morgan fingerprint density at radius 2 is 1.83 bits per heavy atom. The van der Waals surface area contributed by atoms with E-state index in [4.69, 9.17) is 4.74 Å². The minimum Gasteiger partial charge on any atom is -0.444 e. The van der Waals surface area contributed by atoms with Gasteiger partial charge in [-0.15, -0.1) is 0 Å². The van der Waals surface area contributed by atoms with Gasteiger partial charge in [0.1, 0.15) is 5.60 Å². The van der Waals surface area contributed by atoms with Gasteiger partial charge < -0.3 is 14.5 Å². The number of benzene rings is 1. The molecule has 0 radical (unpaired) electrons. The zero-order chi connectivity index (χ0) is 17.2. The van der Waals surface area contributed by atoms with E-state index >= 15 is 0 Å². The van der Waals surface area contributed by atoms with Crippen molar-refractivity contribution >= 4 is 27.7 Å². The SMILES string of the molecule is CCc1cc(Br)cc(N2CCN(C(=O)OC(C)(C)C)CC2)c1C. The number of anilines is 1. The van der Waals surface area contributed by atoms with E-state index in [1.54, 1.807) is 4.90 Å². The summed E-state index contributed by atoms with van der Waals surface area (Å²) in [6.07, 6.45) is 0.813. The van der Waals surface area contributed by atoms with E-state index in [0.717, 1.165) is 24.0 Å². The van der Waals surface area contributed by atoms with Crippen molar-refractivity contribution in [2.24, 2.45) is 0 Å². The smallest absolute Gasteiger partial charge is 0.410 e. The third kappa shape index (κ3) is 4.63. The molecule has 1 aromatic rings. The molecule has 0 aliphatic carbocycles. The Kier molecular flexibility index (Phi) is 5.61. The summed E-state index contributed by atoms with van der Waals surface area (Å²) in [6.45, 7) is 13.1. The van der Waals surface area contributed by atoms with Crippen LogP contribution in [-0.4, -0.2) is 42.8 Å². The predicted octanol–water partition coefficient (Wildman–Crippen LogP) is 4.38. The first-order valence-corrected chi connectivity index (χ1v) is 9.02. The topological polar surface area (TPSA) is 32.8 Å². The molecule has 1 heterocycles. The molecule has 0 spiro atoms. The number of nitrogens with zero attached hydrogens (tertiary/aromatic N) is 2. The number of hydrogen-bond acceptors (Lipinski definition) is 3. The molecule has 23 heavy (non-hydrogen) atoms. The number of rotatable bonds is 2. The van der Waals surface area contributed by atoms with Crippen molar-refractivity contribution in [2.75, 3.05) is 31.1 Å². The molecule has 0 N–H and O–H groups in total. The fourth-order valence-electron chi connectivity index (χ4n) is 2.87. The van der Waals surface area contributed by atoms with Crippen LogP contribution in [0.2, 0.25) is 0 Å². The monoisotopic (exact) mass is 382 g/mol. The number of piperazine rings is 1. The van der Waals surface area contributed by atoms with Crippen molar-refractivity contribution in [2.45, 2.75) is 46.6 Å². The molecule has 1 aromatic carbocycles. The lowest BCUT2D eigenvalue weighted by Crippen LogP contribution is -2.50. The molecular formula is C18H27BrN2O2. The Morgan fingerprint density at radius 3 is 2.35 bits per heavy atom. The number of aryl methyl sites for hydroxylation is 1. The van der Waals surface area contributed by atoms with E-state index in [1.807, 2.05) is 20.8 Å². The maximum atomic E-state index is 12.2. The van der Waals surface area contributed by atoms with E-state index in [1.165, 1.54) is 16.8 Å². The molecule has 1 saturated heterocycles. The summed E-state index contributed by atoms with van der Waals surface area (Å²) in [4.78, 5) is 16.3. The third-order valence-corrected chi connectivity index (χ3v) is 4.56. The molecule has 4 nitrogen and oxygen atoms in total.